The molecule has 0 bridgehead atoms. The van der Waals surface area contributed by atoms with E-state index in [2.05, 4.69) is 15.3 Å². The smallest absolute Gasteiger partial charge is 0.257 e. The van der Waals surface area contributed by atoms with E-state index in [0.29, 0.717) is 33.1 Å². The number of hydrogen-bond acceptors (Lipinski definition) is 5. The van der Waals surface area contributed by atoms with Crippen LogP contribution in [0.5, 0.6) is 5.75 Å². The third kappa shape index (κ3) is 4.31. The Labute approximate surface area is 176 Å². The van der Waals surface area contributed by atoms with Crippen LogP contribution in [0.4, 0.5) is 5.82 Å². The molecule has 29 heavy (non-hydrogen) atoms. The predicted molar refractivity (Wildman–Crippen MR) is 114 cm³/mol. The fourth-order valence-corrected chi connectivity index (χ4v) is 4.24. The maximum absolute atomic E-state index is 12.9. The van der Waals surface area contributed by atoms with Gasteiger partial charge in [0.2, 0.25) is 5.91 Å². The second-order valence-corrected chi connectivity index (χ2v) is 8.03. The summed E-state index contributed by atoms with van der Waals surface area (Å²) in [6.45, 7) is 0. The first-order valence-corrected chi connectivity index (χ1v) is 10.3. The molecule has 3 aromatic rings. The summed E-state index contributed by atoms with van der Waals surface area (Å²) in [5, 5.41) is 3.87. The lowest BCUT2D eigenvalue weighted by Crippen LogP contribution is -2.31. The van der Waals surface area contributed by atoms with E-state index in [4.69, 9.17) is 16.3 Å². The van der Waals surface area contributed by atoms with Crippen LogP contribution in [0.25, 0.3) is 0 Å². The maximum atomic E-state index is 12.9. The van der Waals surface area contributed by atoms with Crippen molar-refractivity contribution in [2.24, 2.45) is 0 Å². The molecule has 1 amide bonds. The Balaban J connectivity index is 1.64. The van der Waals surface area contributed by atoms with Gasteiger partial charge >= 0.3 is 0 Å². The molecule has 0 aliphatic carbocycles. The molecule has 4 rings (SSSR count). The highest BCUT2D eigenvalue weighted by molar-refractivity contribution is 7.98. The number of halogens is 1. The van der Waals surface area contributed by atoms with Crippen molar-refractivity contribution < 1.29 is 9.53 Å². The Morgan fingerprint density at radius 1 is 1.21 bits per heavy atom. The van der Waals surface area contributed by atoms with Gasteiger partial charge in [0.25, 0.3) is 5.56 Å². The molecule has 2 aromatic carbocycles. The maximum Gasteiger partial charge on any atom is 0.257 e. The average Bonchev–Trinajstić information content (AvgIpc) is 2.72. The number of anilines is 1. The number of ether oxygens (including phenoxy) is 1. The zero-order valence-corrected chi connectivity index (χ0v) is 17.1. The zero-order chi connectivity index (χ0) is 20.4. The van der Waals surface area contributed by atoms with Crippen LogP contribution in [0.1, 0.15) is 29.0 Å². The molecule has 0 saturated heterocycles. The van der Waals surface area contributed by atoms with Crippen molar-refractivity contribution in [3.8, 4) is 5.75 Å². The van der Waals surface area contributed by atoms with Crippen molar-refractivity contribution >= 4 is 35.1 Å². The number of amides is 1. The molecular weight excluding hydrogens is 410 g/mol. The van der Waals surface area contributed by atoms with Gasteiger partial charge in [-0.25, -0.2) is 4.98 Å². The molecular formula is C21H18ClN3O3S. The lowest BCUT2D eigenvalue weighted by atomic mass is 9.87. The molecule has 0 spiro atoms. The number of carbonyl (C=O) groups is 1. The fraction of sp³-hybridized carbons (Fsp3) is 0.190. The number of aromatic amines is 1. The Bertz CT molecular complexity index is 1110. The summed E-state index contributed by atoms with van der Waals surface area (Å²) in [5.41, 5.74) is 2.11. The van der Waals surface area contributed by atoms with Crippen LogP contribution in [0.2, 0.25) is 5.02 Å². The monoisotopic (exact) mass is 427 g/mol. The standard InChI is InChI=1S/C21H18ClN3O3S/c1-28-15-4-2-3-13(9-15)16-10-17(26)23-19-18(16)20(27)25-21(24-19)29-11-12-5-7-14(22)8-6-12/h2-9,16H,10-11H2,1H3,(H2,23,24,25,26,27). The number of carbonyl (C=O) groups excluding carboxylic acids is 1. The van der Waals surface area contributed by atoms with E-state index in [1.165, 1.54) is 11.8 Å². The van der Waals surface area contributed by atoms with E-state index in [1.54, 1.807) is 7.11 Å². The number of fused-ring (bicyclic) bond motifs is 1. The molecule has 1 aliphatic heterocycles. The van der Waals surface area contributed by atoms with E-state index >= 15 is 0 Å². The first-order valence-electron chi connectivity index (χ1n) is 8.99. The third-order valence-corrected chi connectivity index (χ3v) is 5.91. The van der Waals surface area contributed by atoms with Crippen LogP contribution in [-0.2, 0) is 10.5 Å². The summed E-state index contributed by atoms with van der Waals surface area (Å²) >= 11 is 7.30. The Hall–Kier alpha value is -2.77. The molecule has 0 saturated carbocycles. The SMILES string of the molecule is COc1cccc(C2CC(=O)Nc3nc(SCc4ccc(Cl)cc4)[nH]c(=O)c32)c1. The summed E-state index contributed by atoms with van der Waals surface area (Å²) in [5.74, 6) is 1.06. The molecule has 0 radical (unpaired) electrons. The number of benzene rings is 2. The average molecular weight is 428 g/mol. The fourth-order valence-electron chi connectivity index (χ4n) is 3.29. The van der Waals surface area contributed by atoms with Crippen LogP contribution >= 0.6 is 23.4 Å². The van der Waals surface area contributed by atoms with Crippen LogP contribution in [-0.4, -0.2) is 23.0 Å². The van der Waals surface area contributed by atoms with Crippen molar-refractivity contribution in [3.05, 3.63) is 80.6 Å². The number of rotatable bonds is 5. The number of hydrogen-bond donors (Lipinski definition) is 2. The minimum Gasteiger partial charge on any atom is -0.497 e. The molecule has 1 atom stereocenters. The summed E-state index contributed by atoms with van der Waals surface area (Å²) in [7, 11) is 1.58. The van der Waals surface area contributed by atoms with Gasteiger partial charge in [0.1, 0.15) is 11.6 Å². The van der Waals surface area contributed by atoms with E-state index in [1.807, 2.05) is 48.5 Å². The molecule has 1 unspecified atom stereocenters. The first-order chi connectivity index (χ1) is 14.0. The second-order valence-electron chi connectivity index (χ2n) is 6.63. The zero-order valence-electron chi connectivity index (χ0n) is 15.6. The number of nitrogens with zero attached hydrogens (tertiary/aromatic N) is 1. The molecule has 8 heteroatoms. The number of aromatic nitrogens is 2. The molecule has 148 valence electrons. The van der Waals surface area contributed by atoms with Crippen LogP contribution in [0.3, 0.4) is 0 Å². The molecule has 0 fully saturated rings. The highest BCUT2D eigenvalue weighted by Crippen LogP contribution is 2.35. The summed E-state index contributed by atoms with van der Waals surface area (Å²) in [6.07, 6.45) is 0.183. The van der Waals surface area contributed by atoms with Gasteiger partial charge in [-0.3, -0.25) is 9.59 Å². The molecule has 2 N–H and O–H groups in total. The molecule has 2 heterocycles. The summed E-state index contributed by atoms with van der Waals surface area (Å²) in [6, 6.07) is 14.9. The van der Waals surface area contributed by atoms with Crippen LogP contribution < -0.4 is 15.6 Å². The van der Waals surface area contributed by atoms with Gasteiger partial charge in [-0.15, -0.1) is 0 Å². The van der Waals surface area contributed by atoms with Gasteiger partial charge in [0.05, 0.1) is 12.7 Å². The molecule has 1 aliphatic rings. The van der Waals surface area contributed by atoms with Crippen LogP contribution in [0.15, 0.2) is 58.5 Å². The van der Waals surface area contributed by atoms with Crippen molar-refractivity contribution in [1.82, 2.24) is 9.97 Å². The molecule has 6 nitrogen and oxygen atoms in total. The van der Waals surface area contributed by atoms with E-state index in [9.17, 15) is 9.59 Å². The van der Waals surface area contributed by atoms with Crippen LogP contribution in [0, 0.1) is 0 Å². The Morgan fingerprint density at radius 3 is 2.76 bits per heavy atom. The number of nitrogens with one attached hydrogen (secondary N) is 2. The van der Waals surface area contributed by atoms with Gasteiger partial charge in [-0.1, -0.05) is 47.6 Å². The van der Waals surface area contributed by atoms with E-state index in [-0.39, 0.29) is 23.8 Å². The highest BCUT2D eigenvalue weighted by Gasteiger charge is 2.31. The number of H-pyrrole nitrogens is 1. The first kappa shape index (κ1) is 19.5. The van der Waals surface area contributed by atoms with Crippen molar-refractivity contribution in [3.63, 3.8) is 0 Å². The quantitative estimate of drug-likeness (QED) is 0.471. The minimum atomic E-state index is -0.375. The number of thioether (sulfide) groups is 1. The van der Waals surface area contributed by atoms with Gasteiger partial charge in [0.15, 0.2) is 5.16 Å². The van der Waals surface area contributed by atoms with E-state index in [0.717, 1.165) is 11.1 Å². The largest absolute Gasteiger partial charge is 0.497 e. The van der Waals surface area contributed by atoms with Gasteiger partial charge in [-0.05, 0) is 35.4 Å². The minimum absolute atomic E-state index is 0.169. The van der Waals surface area contributed by atoms with Gasteiger partial charge in [0, 0.05) is 23.1 Å². The van der Waals surface area contributed by atoms with Gasteiger partial charge < -0.3 is 15.0 Å². The summed E-state index contributed by atoms with van der Waals surface area (Å²) in [4.78, 5) is 32.5. The van der Waals surface area contributed by atoms with E-state index < -0.39 is 0 Å². The van der Waals surface area contributed by atoms with Crippen molar-refractivity contribution in [2.45, 2.75) is 23.2 Å². The van der Waals surface area contributed by atoms with Gasteiger partial charge in [-0.2, -0.15) is 0 Å². The summed E-state index contributed by atoms with van der Waals surface area (Å²) < 4.78 is 5.28. The third-order valence-electron chi connectivity index (χ3n) is 4.71. The second kappa shape index (κ2) is 8.31. The number of methoxy groups -OCH3 is 1. The van der Waals surface area contributed by atoms with Crippen molar-refractivity contribution in [1.29, 1.82) is 0 Å². The normalized spacial score (nSPS) is 15.5. The lowest BCUT2D eigenvalue weighted by Gasteiger charge is -2.24. The van der Waals surface area contributed by atoms with Crippen molar-refractivity contribution in [2.75, 3.05) is 12.4 Å². The Kier molecular flexibility index (Phi) is 5.60. The topological polar surface area (TPSA) is 84.1 Å². The molecule has 1 aromatic heterocycles. The predicted octanol–water partition coefficient (Wildman–Crippen LogP) is 4.20. The highest BCUT2D eigenvalue weighted by atomic mass is 35.5. The lowest BCUT2D eigenvalue weighted by molar-refractivity contribution is -0.116. The Morgan fingerprint density at radius 2 is 2.00 bits per heavy atom.